The van der Waals surface area contributed by atoms with E-state index in [0.717, 1.165) is 24.2 Å². The van der Waals surface area contributed by atoms with Gasteiger partial charge in [-0.05, 0) is 68.0 Å². The maximum Gasteiger partial charge on any atom is 0.313 e. The minimum absolute atomic E-state index is 0.407. The number of hydrogen-bond donors (Lipinski definition) is 2. The third-order valence-corrected chi connectivity index (χ3v) is 5.25. The molecule has 28 heavy (non-hydrogen) atoms. The summed E-state index contributed by atoms with van der Waals surface area (Å²) in [6.45, 7) is 4.49. The molecule has 0 aromatic heterocycles. The Morgan fingerprint density at radius 3 is 2.43 bits per heavy atom. The Labute approximate surface area is 171 Å². The minimum atomic E-state index is -0.689. The highest BCUT2D eigenvalue weighted by Crippen LogP contribution is 2.21. The van der Waals surface area contributed by atoms with Crippen molar-refractivity contribution in [1.29, 1.82) is 0 Å². The van der Waals surface area contributed by atoms with Gasteiger partial charge in [0.05, 0.1) is 0 Å². The predicted molar refractivity (Wildman–Crippen MR) is 114 cm³/mol. The largest absolute Gasteiger partial charge is 0.372 e. The van der Waals surface area contributed by atoms with E-state index in [4.69, 9.17) is 11.6 Å². The first-order valence-electron chi connectivity index (χ1n) is 9.72. The van der Waals surface area contributed by atoms with Gasteiger partial charge in [-0.1, -0.05) is 29.8 Å². The molecule has 2 N–H and O–H groups in total. The summed E-state index contributed by atoms with van der Waals surface area (Å²) >= 11 is 5.94. The molecule has 2 amide bonds. The van der Waals surface area contributed by atoms with E-state index in [1.807, 2.05) is 6.92 Å². The molecule has 2 aromatic carbocycles. The summed E-state index contributed by atoms with van der Waals surface area (Å²) < 4.78 is 0. The van der Waals surface area contributed by atoms with E-state index in [9.17, 15) is 9.59 Å². The van der Waals surface area contributed by atoms with Crippen molar-refractivity contribution in [2.24, 2.45) is 0 Å². The predicted octanol–water partition coefficient (Wildman–Crippen LogP) is 3.94. The molecule has 0 aliphatic carbocycles. The van der Waals surface area contributed by atoms with Crippen molar-refractivity contribution < 1.29 is 9.59 Å². The van der Waals surface area contributed by atoms with Gasteiger partial charge in [-0.2, -0.15) is 0 Å². The highest BCUT2D eigenvalue weighted by atomic mass is 35.5. The average molecular weight is 400 g/mol. The van der Waals surface area contributed by atoms with Crippen molar-refractivity contribution in [1.82, 2.24) is 5.32 Å². The number of carbonyl (C=O) groups is 2. The molecule has 0 spiro atoms. The van der Waals surface area contributed by atoms with Crippen LogP contribution in [0.2, 0.25) is 5.02 Å². The maximum absolute atomic E-state index is 12.1. The smallest absolute Gasteiger partial charge is 0.313 e. The summed E-state index contributed by atoms with van der Waals surface area (Å²) in [7, 11) is 0. The molecule has 0 radical (unpaired) electrons. The molecule has 1 fully saturated rings. The number of amides is 2. The number of halogens is 1. The fourth-order valence-corrected chi connectivity index (χ4v) is 3.51. The quantitative estimate of drug-likeness (QED) is 0.748. The van der Waals surface area contributed by atoms with Crippen molar-refractivity contribution in [3.8, 4) is 0 Å². The highest BCUT2D eigenvalue weighted by molar-refractivity contribution is 6.40. The van der Waals surface area contributed by atoms with Gasteiger partial charge in [0.15, 0.2) is 0 Å². The number of benzene rings is 2. The zero-order chi connectivity index (χ0) is 19.9. The Bertz CT molecular complexity index is 830. The van der Waals surface area contributed by atoms with Crippen molar-refractivity contribution in [2.45, 2.75) is 32.6 Å². The van der Waals surface area contributed by atoms with E-state index in [1.165, 1.54) is 24.9 Å². The standard InChI is InChI=1S/C22H26ClN3O2/c1-16-5-8-18(23)15-20(16)25-22(28)21(27)24-12-11-17-6-9-19(10-7-17)26-13-3-2-4-14-26/h5-10,15H,2-4,11-14H2,1H3,(H,24,27)(H,25,28). The van der Waals surface area contributed by atoms with Crippen LogP contribution in [0.15, 0.2) is 42.5 Å². The van der Waals surface area contributed by atoms with E-state index < -0.39 is 11.8 Å². The molecule has 2 aromatic rings. The number of hydrogen-bond acceptors (Lipinski definition) is 3. The first-order valence-corrected chi connectivity index (χ1v) is 10.1. The summed E-state index contributed by atoms with van der Waals surface area (Å²) in [5, 5.41) is 5.78. The van der Waals surface area contributed by atoms with Gasteiger partial charge < -0.3 is 15.5 Å². The van der Waals surface area contributed by atoms with E-state index in [1.54, 1.807) is 18.2 Å². The van der Waals surface area contributed by atoms with E-state index in [-0.39, 0.29) is 0 Å². The van der Waals surface area contributed by atoms with Crippen molar-refractivity contribution >= 4 is 34.8 Å². The van der Waals surface area contributed by atoms with Crippen LogP contribution in [-0.4, -0.2) is 31.4 Å². The molecule has 1 heterocycles. The zero-order valence-electron chi connectivity index (χ0n) is 16.1. The van der Waals surface area contributed by atoms with Crippen LogP contribution < -0.4 is 15.5 Å². The van der Waals surface area contributed by atoms with Crippen LogP contribution in [0.3, 0.4) is 0 Å². The number of nitrogens with one attached hydrogen (secondary N) is 2. The lowest BCUT2D eigenvalue weighted by atomic mass is 10.1. The van der Waals surface area contributed by atoms with Gasteiger partial charge in [0, 0.05) is 36.0 Å². The number of anilines is 2. The Balaban J connectivity index is 1.45. The van der Waals surface area contributed by atoms with Crippen LogP contribution >= 0.6 is 11.6 Å². The topological polar surface area (TPSA) is 61.4 Å². The number of rotatable bonds is 5. The minimum Gasteiger partial charge on any atom is -0.372 e. The molecule has 0 unspecified atom stereocenters. The van der Waals surface area contributed by atoms with Crippen LogP contribution in [0.1, 0.15) is 30.4 Å². The molecule has 1 saturated heterocycles. The fourth-order valence-electron chi connectivity index (χ4n) is 3.33. The Morgan fingerprint density at radius 2 is 1.71 bits per heavy atom. The van der Waals surface area contributed by atoms with Gasteiger partial charge in [0.25, 0.3) is 0 Å². The highest BCUT2D eigenvalue weighted by Gasteiger charge is 2.15. The molecule has 148 valence electrons. The van der Waals surface area contributed by atoms with Gasteiger partial charge in [0.1, 0.15) is 0 Å². The molecule has 0 atom stereocenters. The lowest BCUT2D eigenvalue weighted by Crippen LogP contribution is -2.36. The van der Waals surface area contributed by atoms with E-state index in [2.05, 4.69) is 39.8 Å². The van der Waals surface area contributed by atoms with E-state index >= 15 is 0 Å². The van der Waals surface area contributed by atoms with Crippen molar-refractivity contribution in [2.75, 3.05) is 29.9 Å². The second-order valence-electron chi connectivity index (χ2n) is 7.13. The zero-order valence-corrected chi connectivity index (χ0v) is 16.9. The monoisotopic (exact) mass is 399 g/mol. The molecule has 0 bridgehead atoms. The van der Waals surface area contributed by atoms with Crippen LogP contribution in [0.4, 0.5) is 11.4 Å². The first-order chi connectivity index (χ1) is 13.5. The third kappa shape index (κ3) is 5.49. The Morgan fingerprint density at radius 1 is 1.00 bits per heavy atom. The number of nitrogens with zero attached hydrogens (tertiary/aromatic N) is 1. The molecular weight excluding hydrogens is 374 g/mol. The number of piperidine rings is 1. The van der Waals surface area contributed by atoms with Gasteiger partial charge >= 0.3 is 11.8 Å². The van der Waals surface area contributed by atoms with Crippen molar-refractivity contribution in [3.05, 3.63) is 58.6 Å². The molecule has 5 nitrogen and oxygen atoms in total. The molecule has 6 heteroatoms. The van der Waals surface area contributed by atoms with Gasteiger partial charge in [-0.25, -0.2) is 0 Å². The number of aryl methyl sites for hydroxylation is 1. The van der Waals surface area contributed by atoms with Gasteiger partial charge in [-0.3, -0.25) is 9.59 Å². The first kappa shape index (κ1) is 20.2. The molecule has 3 rings (SSSR count). The summed E-state index contributed by atoms with van der Waals surface area (Å²) in [5.74, 6) is -1.34. The second kappa shape index (κ2) is 9.60. The van der Waals surface area contributed by atoms with Gasteiger partial charge in [-0.15, -0.1) is 0 Å². The summed E-state index contributed by atoms with van der Waals surface area (Å²) in [4.78, 5) is 26.5. The van der Waals surface area contributed by atoms with Crippen LogP contribution in [0.25, 0.3) is 0 Å². The van der Waals surface area contributed by atoms with E-state index in [0.29, 0.717) is 23.7 Å². The summed E-state index contributed by atoms with van der Waals surface area (Å²) in [6, 6.07) is 13.6. The van der Waals surface area contributed by atoms with Crippen molar-refractivity contribution in [3.63, 3.8) is 0 Å². The van der Waals surface area contributed by atoms with Crippen LogP contribution in [0, 0.1) is 6.92 Å². The average Bonchev–Trinajstić information content (AvgIpc) is 2.72. The Hall–Kier alpha value is -2.53. The SMILES string of the molecule is Cc1ccc(Cl)cc1NC(=O)C(=O)NCCc1ccc(N2CCCCC2)cc1. The second-order valence-corrected chi connectivity index (χ2v) is 7.57. The van der Waals surface area contributed by atoms with Crippen LogP contribution in [-0.2, 0) is 16.0 Å². The molecule has 0 saturated carbocycles. The lowest BCUT2D eigenvalue weighted by molar-refractivity contribution is -0.136. The Kier molecular flexibility index (Phi) is 6.93. The number of carbonyl (C=O) groups excluding carboxylic acids is 2. The van der Waals surface area contributed by atoms with Crippen LogP contribution in [0.5, 0.6) is 0 Å². The van der Waals surface area contributed by atoms with Gasteiger partial charge in [0.2, 0.25) is 0 Å². The molecule has 1 aliphatic rings. The maximum atomic E-state index is 12.1. The molecule has 1 aliphatic heterocycles. The lowest BCUT2D eigenvalue weighted by Gasteiger charge is -2.28. The molecular formula is C22H26ClN3O2. The summed E-state index contributed by atoms with van der Waals surface area (Å²) in [6.07, 6.45) is 4.50. The normalized spacial score (nSPS) is 13.9. The third-order valence-electron chi connectivity index (χ3n) is 5.01. The summed E-state index contributed by atoms with van der Waals surface area (Å²) in [5.41, 5.74) is 3.77. The fraction of sp³-hybridized carbons (Fsp3) is 0.364.